The number of carbonyl (C=O) groups is 2. The summed E-state index contributed by atoms with van der Waals surface area (Å²) in [4.78, 5) is 32.8. The maximum Gasteiger partial charge on any atom is 0.319 e. The summed E-state index contributed by atoms with van der Waals surface area (Å²) < 4.78 is 4.70. The van der Waals surface area contributed by atoms with Gasteiger partial charge in [0.05, 0.1) is 20.2 Å². The van der Waals surface area contributed by atoms with Crippen molar-refractivity contribution in [1.29, 1.82) is 0 Å². The average Bonchev–Trinajstić information content (AvgIpc) is 2.69. The number of piperazine rings is 2. The number of nitrogens with zero attached hydrogens (tertiary/aromatic N) is 4. The zero-order valence-electron chi connectivity index (χ0n) is 16.0. The molecule has 1 amide bonds. The zero-order chi connectivity index (χ0) is 18.4. The average molecular weight is 367 g/mol. The summed E-state index contributed by atoms with van der Waals surface area (Å²) in [6.07, 6.45) is 2.49. The van der Waals surface area contributed by atoms with Crippen LogP contribution in [0.3, 0.4) is 0 Å². The summed E-state index contributed by atoms with van der Waals surface area (Å²) in [6, 6.07) is 0.719. The Morgan fingerprint density at radius 1 is 0.885 bits per heavy atom. The SMILES string of the molecule is COC(=O)CN1CCN(C(=O)CN2CCN(C3CCNCC3)CC2)CC1. The molecular formula is C18H33N5O3. The Balaban J connectivity index is 1.35. The van der Waals surface area contributed by atoms with Crippen molar-refractivity contribution >= 4 is 11.9 Å². The fraction of sp³-hybridized carbons (Fsp3) is 0.889. The van der Waals surface area contributed by atoms with Crippen LogP contribution in [0.1, 0.15) is 12.8 Å². The highest BCUT2D eigenvalue weighted by Crippen LogP contribution is 2.14. The van der Waals surface area contributed by atoms with Crippen molar-refractivity contribution in [3.63, 3.8) is 0 Å². The van der Waals surface area contributed by atoms with Crippen LogP contribution in [-0.4, -0.2) is 123 Å². The first-order chi connectivity index (χ1) is 12.7. The van der Waals surface area contributed by atoms with Gasteiger partial charge in [-0.3, -0.25) is 24.3 Å². The Bertz CT molecular complexity index is 467. The first-order valence-electron chi connectivity index (χ1n) is 9.90. The summed E-state index contributed by atoms with van der Waals surface area (Å²) in [5, 5.41) is 3.43. The van der Waals surface area contributed by atoms with Crippen LogP contribution in [0.5, 0.6) is 0 Å². The van der Waals surface area contributed by atoms with Gasteiger partial charge in [-0.1, -0.05) is 0 Å². The molecule has 26 heavy (non-hydrogen) atoms. The topological polar surface area (TPSA) is 68.4 Å². The minimum Gasteiger partial charge on any atom is -0.468 e. The van der Waals surface area contributed by atoms with Gasteiger partial charge in [0.25, 0.3) is 0 Å². The smallest absolute Gasteiger partial charge is 0.319 e. The molecule has 0 unspecified atom stereocenters. The van der Waals surface area contributed by atoms with E-state index in [1.807, 2.05) is 9.80 Å². The van der Waals surface area contributed by atoms with Crippen LogP contribution in [-0.2, 0) is 14.3 Å². The molecule has 0 aromatic carbocycles. The lowest BCUT2D eigenvalue weighted by atomic mass is 10.0. The van der Waals surface area contributed by atoms with Crippen LogP contribution in [0.2, 0.25) is 0 Å². The van der Waals surface area contributed by atoms with E-state index in [9.17, 15) is 9.59 Å². The van der Waals surface area contributed by atoms with Crippen LogP contribution in [0.4, 0.5) is 0 Å². The molecule has 0 spiro atoms. The first kappa shape index (κ1) is 19.5. The van der Waals surface area contributed by atoms with E-state index in [2.05, 4.69) is 15.1 Å². The van der Waals surface area contributed by atoms with E-state index in [4.69, 9.17) is 4.74 Å². The molecule has 0 aromatic heterocycles. The van der Waals surface area contributed by atoms with E-state index in [-0.39, 0.29) is 11.9 Å². The van der Waals surface area contributed by atoms with Crippen LogP contribution in [0.15, 0.2) is 0 Å². The van der Waals surface area contributed by atoms with E-state index >= 15 is 0 Å². The second-order valence-corrected chi connectivity index (χ2v) is 7.53. The second-order valence-electron chi connectivity index (χ2n) is 7.53. The van der Waals surface area contributed by atoms with Crippen LogP contribution in [0.25, 0.3) is 0 Å². The summed E-state index contributed by atoms with van der Waals surface area (Å²) in [6.45, 7) is 10.1. The highest BCUT2D eigenvalue weighted by Gasteiger charge is 2.28. The van der Waals surface area contributed by atoms with Gasteiger partial charge in [0, 0.05) is 58.4 Å². The number of nitrogens with one attached hydrogen (secondary N) is 1. The highest BCUT2D eigenvalue weighted by atomic mass is 16.5. The zero-order valence-corrected chi connectivity index (χ0v) is 16.0. The normalized spacial score (nSPS) is 24.6. The molecule has 3 saturated heterocycles. The monoisotopic (exact) mass is 367 g/mol. The van der Waals surface area contributed by atoms with Gasteiger partial charge in [0.15, 0.2) is 0 Å². The molecule has 148 valence electrons. The molecule has 0 saturated carbocycles. The molecule has 3 aliphatic rings. The number of esters is 1. The number of methoxy groups -OCH3 is 1. The molecule has 0 radical (unpaired) electrons. The van der Waals surface area contributed by atoms with Crippen molar-refractivity contribution in [3.8, 4) is 0 Å². The maximum absolute atomic E-state index is 12.6. The van der Waals surface area contributed by atoms with E-state index < -0.39 is 0 Å². The van der Waals surface area contributed by atoms with E-state index in [1.54, 1.807) is 0 Å². The Hall–Kier alpha value is -1.22. The van der Waals surface area contributed by atoms with Crippen molar-refractivity contribution in [2.45, 2.75) is 18.9 Å². The number of rotatable bonds is 5. The molecule has 0 bridgehead atoms. The van der Waals surface area contributed by atoms with E-state index in [0.717, 1.165) is 58.4 Å². The van der Waals surface area contributed by atoms with Crippen molar-refractivity contribution in [3.05, 3.63) is 0 Å². The number of ether oxygens (including phenoxy) is 1. The number of hydrogen-bond donors (Lipinski definition) is 1. The molecule has 3 fully saturated rings. The van der Waals surface area contributed by atoms with Crippen LogP contribution >= 0.6 is 0 Å². The van der Waals surface area contributed by atoms with Crippen molar-refractivity contribution in [2.75, 3.05) is 85.6 Å². The molecule has 0 aromatic rings. The molecule has 8 heteroatoms. The molecule has 0 atom stereocenters. The molecule has 3 rings (SSSR count). The molecular weight excluding hydrogens is 334 g/mol. The Morgan fingerprint density at radius 3 is 2.08 bits per heavy atom. The molecule has 3 aliphatic heterocycles. The molecule has 0 aliphatic carbocycles. The molecule has 8 nitrogen and oxygen atoms in total. The lowest BCUT2D eigenvalue weighted by Crippen LogP contribution is -2.56. The number of carbonyl (C=O) groups excluding carboxylic acids is 2. The van der Waals surface area contributed by atoms with Gasteiger partial charge in [0.1, 0.15) is 0 Å². The minimum absolute atomic E-state index is 0.212. The number of hydrogen-bond acceptors (Lipinski definition) is 7. The third-order valence-corrected chi connectivity index (χ3v) is 5.90. The van der Waals surface area contributed by atoms with Gasteiger partial charge in [-0.2, -0.15) is 0 Å². The summed E-state index contributed by atoms with van der Waals surface area (Å²) >= 11 is 0. The Labute approximate surface area is 156 Å². The predicted octanol–water partition coefficient (Wildman–Crippen LogP) is -1.33. The quantitative estimate of drug-likeness (QED) is 0.604. The highest BCUT2D eigenvalue weighted by molar-refractivity contribution is 5.78. The van der Waals surface area contributed by atoms with Gasteiger partial charge in [-0.05, 0) is 25.9 Å². The standard InChI is InChI=1S/C18H33N5O3/c1-26-18(25)15-21-8-12-23(13-9-21)17(24)14-20-6-10-22(11-7-20)16-2-4-19-5-3-16/h16,19H,2-15H2,1H3. The van der Waals surface area contributed by atoms with Gasteiger partial charge in [-0.25, -0.2) is 0 Å². The lowest BCUT2D eigenvalue weighted by Gasteiger charge is -2.41. The van der Waals surface area contributed by atoms with Gasteiger partial charge < -0.3 is 15.0 Å². The molecule has 1 N–H and O–H groups in total. The third kappa shape index (κ3) is 5.39. The largest absolute Gasteiger partial charge is 0.468 e. The molecule has 3 heterocycles. The Morgan fingerprint density at radius 2 is 1.46 bits per heavy atom. The number of amides is 1. The summed E-state index contributed by atoms with van der Waals surface area (Å²) in [5.41, 5.74) is 0. The second kappa shape index (κ2) is 9.64. The lowest BCUT2D eigenvalue weighted by molar-refractivity contribution is -0.142. The van der Waals surface area contributed by atoms with Crippen LogP contribution < -0.4 is 5.32 Å². The third-order valence-electron chi connectivity index (χ3n) is 5.90. The fourth-order valence-electron chi connectivity index (χ4n) is 4.15. The van der Waals surface area contributed by atoms with Crippen LogP contribution in [0, 0.1) is 0 Å². The predicted molar refractivity (Wildman–Crippen MR) is 98.9 cm³/mol. The Kier molecular flexibility index (Phi) is 7.24. The van der Waals surface area contributed by atoms with Crippen molar-refractivity contribution in [1.82, 2.24) is 24.9 Å². The first-order valence-corrected chi connectivity index (χ1v) is 9.90. The maximum atomic E-state index is 12.6. The number of piperidine rings is 1. The van der Waals surface area contributed by atoms with Gasteiger partial charge in [0.2, 0.25) is 5.91 Å². The van der Waals surface area contributed by atoms with Gasteiger partial charge in [-0.15, -0.1) is 0 Å². The van der Waals surface area contributed by atoms with Crippen molar-refractivity contribution < 1.29 is 14.3 Å². The van der Waals surface area contributed by atoms with Crippen molar-refractivity contribution in [2.24, 2.45) is 0 Å². The summed E-state index contributed by atoms with van der Waals surface area (Å²) in [5.74, 6) is 0.00873. The van der Waals surface area contributed by atoms with E-state index in [0.29, 0.717) is 26.2 Å². The summed E-state index contributed by atoms with van der Waals surface area (Å²) in [7, 11) is 1.41. The van der Waals surface area contributed by atoms with Gasteiger partial charge >= 0.3 is 5.97 Å². The van der Waals surface area contributed by atoms with E-state index in [1.165, 1.54) is 20.0 Å². The minimum atomic E-state index is -0.212. The fourth-order valence-corrected chi connectivity index (χ4v) is 4.15.